The van der Waals surface area contributed by atoms with Gasteiger partial charge in [0.25, 0.3) is 5.91 Å². The highest BCUT2D eigenvalue weighted by molar-refractivity contribution is 5.91. The summed E-state index contributed by atoms with van der Waals surface area (Å²) in [7, 11) is 0. The van der Waals surface area contributed by atoms with Gasteiger partial charge in [0.15, 0.2) is 5.82 Å². The molecule has 3 N–H and O–H groups in total. The fourth-order valence-corrected chi connectivity index (χ4v) is 3.44. The van der Waals surface area contributed by atoms with Crippen LogP contribution in [0.4, 0.5) is 5.82 Å². The Kier molecular flexibility index (Phi) is 4.03. The maximum atomic E-state index is 12.0. The summed E-state index contributed by atoms with van der Waals surface area (Å²) < 4.78 is 0. The number of aliphatic hydroxyl groups is 1. The molecule has 1 amide bonds. The van der Waals surface area contributed by atoms with Gasteiger partial charge in [0.2, 0.25) is 6.10 Å². The van der Waals surface area contributed by atoms with Crippen LogP contribution in [0.25, 0.3) is 11.0 Å². The molecule has 1 fully saturated rings. The summed E-state index contributed by atoms with van der Waals surface area (Å²) in [6, 6.07) is 1.97. The molecular formula is C17H22N6O3. The largest absolute Gasteiger partial charge is 0.386 e. The van der Waals surface area contributed by atoms with Gasteiger partial charge in [-0.1, -0.05) is 5.16 Å². The number of nitrogens with one attached hydrogen (secondary N) is 2. The molecule has 4 heterocycles. The zero-order valence-electron chi connectivity index (χ0n) is 14.8. The summed E-state index contributed by atoms with van der Waals surface area (Å²) in [5.74, 6) is 0.605. The molecule has 0 saturated carbocycles. The first kappa shape index (κ1) is 16.8. The maximum Gasteiger partial charge on any atom is 0.264 e. The number of aryl methyl sites for hydroxylation is 1. The van der Waals surface area contributed by atoms with Crippen LogP contribution in [-0.4, -0.2) is 63.0 Å². The lowest BCUT2D eigenvalue weighted by Gasteiger charge is -2.47. The third-order valence-electron chi connectivity index (χ3n) is 4.80. The molecule has 2 aliphatic rings. The quantitative estimate of drug-likeness (QED) is 0.716. The summed E-state index contributed by atoms with van der Waals surface area (Å²) >= 11 is 0. The van der Waals surface area contributed by atoms with Crippen LogP contribution in [-0.2, 0) is 9.63 Å². The molecule has 2 aromatic rings. The van der Waals surface area contributed by atoms with E-state index in [0.717, 1.165) is 28.3 Å². The molecule has 1 unspecified atom stereocenters. The van der Waals surface area contributed by atoms with E-state index >= 15 is 0 Å². The molecule has 2 aromatic heterocycles. The number of fused-ring (bicyclic) bond motifs is 1. The summed E-state index contributed by atoms with van der Waals surface area (Å²) in [6.45, 7) is 5.13. The number of carbonyl (C=O) groups is 1. The van der Waals surface area contributed by atoms with E-state index in [-0.39, 0.29) is 5.91 Å². The van der Waals surface area contributed by atoms with Crippen molar-refractivity contribution in [3.8, 4) is 0 Å². The number of amides is 1. The van der Waals surface area contributed by atoms with Crippen molar-refractivity contribution in [1.29, 1.82) is 0 Å². The first-order valence-corrected chi connectivity index (χ1v) is 8.68. The van der Waals surface area contributed by atoms with Crippen LogP contribution in [0, 0.1) is 6.92 Å². The number of aromatic nitrogens is 3. The van der Waals surface area contributed by atoms with E-state index in [9.17, 15) is 9.90 Å². The Morgan fingerprint density at radius 2 is 2.27 bits per heavy atom. The molecule has 26 heavy (non-hydrogen) atoms. The molecular weight excluding hydrogens is 336 g/mol. The number of hydrogen-bond donors (Lipinski definition) is 3. The Morgan fingerprint density at radius 3 is 3.00 bits per heavy atom. The molecule has 4 rings (SSSR count). The number of anilines is 1. The van der Waals surface area contributed by atoms with E-state index < -0.39 is 11.7 Å². The van der Waals surface area contributed by atoms with Crippen molar-refractivity contribution >= 4 is 28.5 Å². The Morgan fingerprint density at radius 1 is 1.46 bits per heavy atom. The number of hydrogen-bond acceptors (Lipinski definition) is 7. The molecule has 9 heteroatoms. The van der Waals surface area contributed by atoms with Crippen LogP contribution in [0.5, 0.6) is 0 Å². The number of H-pyrrole nitrogens is 1. The molecule has 1 saturated heterocycles. The van der Waals surface area contributed by atoms with Gasteiger partial charge in [0, 0.05) is 18.7 Å². The number of oxime groups is 1. The average molecular weight is 358 g/mol. The fraction of sp³-hybridized carbons (Fsp3) is 0.529. The maximum absolute atomic E-state index is 12.0. The van der Waals surface area contributed by atoms with E-state index in [1.165, 1.54) is 6.33 Å². The van der Waals surface area contributed by atoms with E-state index in [1.54, 1.807) is 0 Å². The Hall–Kier alpha value is -2.68. The number of β-amino-alcohol motifs (C(OH)–C–C–N with tert-alkyl or cyclic N) is 1. The van der Waals surface area contributed by atoms with Gasteiger partial charge in [0.05, 0.1) is 24.3 Å². The smallest absolute Gasteiger partial charge is 0.264 e. The van der Waals surface area contributed by atoms with E-state index in [4.69, 9.17) is 4.84 Å². The minimum atomic E-state index is -0.838. The zero-order valence-corrected chi connectivity index (χ0v) is 14.8. The zero-order chi connectivity index (χ0) is 18.3. The van der Waals surface area contributed by atoms with Gasteiger partial charge in [-0.2, -0.15) is 0 Å². The highest BCUT2D eigenvalue weighted by Gasteiger charge is 2.42. The summed E-state index contributed by atoms with van der Waals surface area (Å²) in [5.41, 5.74) is 2.75. The number of carbonyl (C=O) groups excluding carboxylic acids is 1. The summed E-state index contributed by atoms with van der Waals surface area (Å²) in [4.78, 5) is 30.9. The molecule has 9 nitrogen and oxygen atoms in total. The lowest BCUT2D eigenvalue weighted by Crippen LogP contribution is -2.63. The van der Waals surface area contributed by atoms with E-state index in [2.05, 4.69) is 25.4 Å². The van der Waals surface area contributed by atoms with Gasteiger partial charge < -0.3 is 25.1 Å². The predicted molar refractivity (Wildman–Crippen MR) is 96.0 cm³/mol. The number of nitrogens with zero attached hydrogens (tertiary/aromatic N) is 4. The van der Waals surface area contributed by atoms with Crippen LogP contribution in [0.1, 0.15) is 25.5 Å². The van der Waals surface area contributed by atoms with E-state index in [1.807, 2.05) is 24.8 Å². The van der Waals surface area contributed by atoms with Crippen LogP contribution < -0.4 is 10.2 Å². The van der Waals surface area contributed by atoms with Crippen molar-refractivity contribution in [2.24, 2.45) is 5.16 Å². The van der Waals surface area contributed by atoms with E-state index in [0.29, 0.717) is 32.5 Å². The summed E-state index contributed by atoms with van der Waals surface area (Å²) in [5, 5.41) is 17.2. The highest BCUT2D eigenvalue weighted by atomic mass is 16.6. The van der Waals surface area contributed by atoms with Crippen LogP contribution in [0.2, 0.25) is 0 Å². The van der Waals surface area contributed by atoms with Crippen molar-refractivity contribution < 1.29 is 14.7 Å². The molecule has 1 atom stereocenters. The lowest BCUT2D eigenvalue weighted by atomic mass is 9.90. The van der Waals surface area contributed by atoms with Crippen LogP contribution >= 0.6 is 0 Å². The second kappa shape index (κ2) is 6.24. The SMILES string of the molecule is CC1=NOC(C(=O)NCCC2(O)CN(c3ncnc4cc(C)[nH]c34)C2)C1. The van der Waals surface area contributed by atoms with Crippen molar-refractivity contribution in [3.05, 3.63) is 18.1 Å². The number of aromatic amines is 1. The molecule has 2 aliphatic heterocycles. The Balaban J connectivity index is 1.30. The van der Waals surface area contributed by atoms with Gasteiger partial charge >= 0.3 is 0 Å². The van der Waals surface area contributed by atoms with Gasteiger partial charge in [-0.05, 0) is 26.3 Å². The molecule has 0 radical (unpaired) electrons. The molecule has 0 spiro atoms. The normalized spacial score (nSPS) is 21.3. The minimum Gasteiger partial charge on any atom is -0.386 e. The minimum absolute atomic E-state index is 0.190. The van der Waals surface area contributed by atoms with Gasteiger partial charge in [-0.25, -0.2) is 9.97 Å². The Labute approximate surface area is 150 Å². The predicted octanol–water partition coefficient (Wildman–Crippen LogP) is 0.489. The topological polar surface area (TPSA) is 116 Å². The second-order valence-corrected chi connectivity index (χ2v) is 7.16. The molecule has 0 bridgehead atoms. The molecule has 0 aromatic carbocycles. The molecule has 138 valence electrons. The lowest BCUT2D eigenvalue weighted by molar-refractivity contribution is -0.131. The van der Waals surface area contributed by atoms with Gasteiger partial charge in [0.1, 0.15) is 17.4 Å². The Bertz CT molecular complexity index is 871. The third kappa shape index (κ3) is 3.10. The summed E-state index contributed by atoms with van der Waals surface area (Å²) in [6.07, 6.45) is 1.98. The first-order valence-electron chi connectivity index (χ1n) is 8.68. The van der Waals surface area contributed by atoms with Crippen molar-refractivity contribution in [1.82, 2.24) is 20.3 Å². The fourth-order valence-electron chi connectivity index (χ4n) is 3.44. The van der Waals surface area contributed by atoms with Crippen LogP contribution in [0.15, 0.2) is 17.5 Å². The monoisotopic (exact) mass is 358 g/mol. The van der Waals surface area contributed by atoms with Crippen LogP contribution in [0.3, 0.4) is 0 Å². The highest BCUT2D eigenvalue weighted by Crippen LogP contribution is 2.32. The van der Waals surface area contributed by atoms with Gasteiger partial charge in [-0.3, -0.25) is 4.79 Å². The second-order valence-electron chi connectivity index (χ2n) is 7.16. The van der Waals surface area contributed by atoms with Crippen molar-refractivity contribution in [2.75, 3.05) is 24.5 Å². The third-order valence-corrected chi connectivity index (χ3v) is 4.80. The first-order chi connectivity index (χ1) is 12.4. The average Bonchev–Trinajstić information content (AvgIpc) is 3.16. The molecule has 0 aliphatic carbocycles. The van der Waals surface area contributed by atoms with Gasteiger partial charge in [-0.15, -0.1) is 0 Å². The van der Waals surface area contributed by atoms with Crippen molar-refractivity contribution in [2.45, 2.75) is 38.4 Å². The standard InChI is InChI=1S/C17H22N6O3/c1-10-5-12-14(21-10)15(20-9-19-12)23-7-17(25,8-23)3-4-18-16(24)13-6-11(2)22-26-13/h5,9,13,21,25H,3-4,6-8H2,1-2H3,(H,18,24). The van der Waals surface area contributed by atoms with Crippen molar-refractivity contribution in [3.63, 3.8) is 0 Å². The number of rotatable bonds is 5.